The molecule has 0 spiro atoms. The maximum Gasteiger partial charge on any atom is 0.349 e. The Hall–Kier alpha value is -2.52. The standard InChI is InChI=1S/C12H12N4O2/c1-8-4-5-9(3-2-6-13)10(7-8)16-11(17)14-15-12(16)18/h4-5,7H,6,13H2,1H3,(H,14,17)(H,15,18). The summed E-state index contributed by atoms with van der Waals surface area (Å²) in [5, 5.41) is 4.47. The van der Waals surface area contributed by atoms with Gasteiger partial charge in [-0.15, -0.1) is 0 Å². The molecule has 0 atom stereocenters. The third-order valence-electron chi connectivity index (χ3n) is 2.40. The van der Waals surface area contributed by atoms with E-state index in [1.807, 2.05) is 13.0 Å². The van der Waals surface area contributed by atoms with Crippen LogP contribution in [0.15, 0.2) is 27.8 Å². The van der Waals surface area contributed by atoms with Crippen molar-refractivity contribution in [2.75, 3.05) is 6.54 Å². The molecule has 0 radical (unpaired) electrons. The molecular formula is C12H12N4O2. The van der Waals surface area contributed by atoms with E-state index in [9.17, 15) is 9.59 Å². The van der Waals surface area contributed by atoms with Crippen LogP contribution in [0.2, 0.25) is 0 Å². The van der Waals surface area contributed by atoms with Crippen LogP contribution in [0.4, 0.5) is 0 Å². The van der Waals surface area contributed by atoms with Gasteiger partial charge < -0.3 is 5.73 Å². The van der Waals surface area contributed by atoms with Crippen LogP contribution in [-0.4, -0.2) is 21.3 Å². The van der Waals surface area contributed by atoms with E-state index < -0.39 is 11.4 Å². The Kier molecular flexibility index (Phi) is 3.17. The number of aromatic nitrogens is 3. The molecule has 0 amide bonds. The van der Waals surface area contributed by atoms with Gasteiger partial charge in [0, 0.05) is 5.56 Å². The molecule has 2 rings (SSSR count). The number of hydrogen-bond donors (Lipinski definition) is 3. The van der Waals surface area contributed by atoms with Gasteiger partial charge in [0.05, 0.1) is 12.2 Å². The molecule has 0 saturated heterocycles. The smallest absolute Gasteiger partial charge is 0.320 e. The van der Waals surface area contributed by atoms with E-state index in [0.717, 1.165) is 10.1 Å². The molecular weight excluding hydrogens is 232 g/mol. The topological polar surface area (TPSA) is 96.7 Å². The van der Waals surface area contributed by atoms with Gasteiger partial charge in [-0.25, -0.2) is 24.4 Å². The third-order valence-corrected chi connectivity index (χ3v) is 2.40. The zero-order chi connectivity index (χ0) is 13.1. The maximum absolute atomic E-state index is 11.6. The summed E-state index contributed by atoms with van der Waals surface area (Å²) < 4.78 is 1.01. The second-order valence-electron chi connectivity index (χ2n) is 3.72. The number of rotatable bonds is 1. The third kappa shape index (κ3) is 2.12. The molecule has 4 N–H and O–H groups in total. The van der Waals surface area contributed by atoms with Gasteiger partial charge in [0.2, 0.25) is 0 Å². The van der Waals surface area contributed by atoms with Crippen molar-refractivity contribution < 1.29 is 0 Å². The van der Waals surface area contributed by atoms with Crippen LogP contribution in [-0.2, 0) is 0 Å². The Balaban J connectivity index is 2.73. The van der Waals surface area contributed by atoms with Gasteiger partial charge in [-0.2, -0.15) is 0 Å². The van der Waals surface area contributed by atoms with E-state index in [1.54, 1.807) is 12.1 Å². The molecule has 0 bridgehead atoms. The zero-order valence-corrected chi connectivity index (χ0v) is 9.78. The van der Waals surface area contributed by atoms with E-state index in [1.165, 1.54) is 0 Å². The summed E-state index contributed by atoms with van der Waals surface area (Å²) in [6, 6.07) is 5.34. The normalized spacial score (nSPS) is 9.89. The van der Waals surface area contributed by atoms with E-state index >= 15 is 0 Å². The molecule has 0 aliphatic rings. The van der Waals surface area contributed by atoms with Gasteiger partial charge in [-0.05, 0) is 24.6 Å². The van der Waals surface area contributed by atoms with E-state index in [2.05, 4.69) is 22.0 Å². The lowest BCUT2D eigenvalue weighted by Crippen LogP contribution is -2.25. The van der Waals surface area contributed by atoms with Gasteiger partial charge in [0.1, 0.15) is 0 Å². The molecule has 92 valence electrons. The summed E-state index contributed by atoms with van der Waals surface area (Å²) in [7, 11) is 0. The Morgan fingerprint density at radius 2 is 1.94 bits per heavy atom. The molecule has 0 aliphatic heterocycles. The number of nitrogens with zero attached hydrogens (tertiary/aromatic N) is 1. The number of nitrogens with two attached hydrogens (primary N) is 1. The fraction of sp³-hybridized carbons (Fsp3) is 0.167. The molecule has 2 aromatic rings. The van der Waals surface area contributed by atoms with Crippen molar-refractivity contribution in [1.82, 2.24) is 14.8 Å². The zero-order valence-electron chi connectivity index (χ0n) is 9.78. The van der Waals surface area contributed by atoms with Gasteiger partial charge in [0.25, 0.3) is 0 Å². The fourth-order valence-corrected chi connectivity index (χ4v) is 1.61. The van der Waals surface area contributed by atoms with E-state index in [4.69, 9.17) is 5.73 Å². The first-order valence-electron chi connectivity index (χ1n) is 5.33. The van der Waals surface area contributed by atoms with Crippen molar-refractivity contribution in [2.45, 2.75) is 6.92 Å². The SMILES string of the molecule is Cc1ccc(C#CCN)c(-n2c(=O)[nH][nH]c2=O)c1. The van der Waals surface area contributed by atoms with Crippen LogP contribution in [0.1, 0.15) is 11.1 Å². The van der Waals surface area contributed by atoms with Crippen molar-refractivity contribution in [3.63, 3.8) is 0 Å². The number of aryl methyl sites for hydroxylation is 1. The molecule has 1 heterocycles. The van der Waals surface area contributed by atoms with Crippen LogP contribution in [0.5, 0.6) is 0 Å². The lowest BCUT2D eigenvalue weighted by atomic mass is 10.1. The quantitative estimate of drug-likeness (QED) is 0.588. The average Bonchev–Trinajstić information content (AvgIpc) is 2.67. The van der Waals surface area contributed by atoms with Crippen molar-refractivity contribution in [3.05, 3.63) is 50.3 Å². The number of H-pyrrole nitrogens is 2. The molecule has 0 aliphatic carbocycles. The molecule has 0 fully saturated rings. The van der Waals surface area contributed by atoms with Crippen LogP contribution in [0.3, 0.4) is 0 Å². The Morgan fingerprint density at radius 3 is 2.56 bits per heavy atom. The Bertz CT molecular complexity index is 712. The Labute approximate surface area is 102 Å². The van der Waals surface area contributed by atoms with Crippen molar-refractivity contribution in [1.29, 1.82) is 0 Å². The van der Waals surface area contributed by atoms with Crippen LogP contribution < -0.4 is 17.1 Å². The lowest BCUT2D eigenvalue weighted by molar-refractivity contribution is 0.946. The summed E-state index contributed by atoms with van der Waals surface area (Å²) in [6.45, 7) is 2.08. The molecule has 18 heavy (non-hydrogen) atoms. The Morgan fingerprint density at radius 1 is 1.28 bits per heavy atom. The molecule has 1 aromatic carbocycles. The average molecular weight is 244 g/mol. The highest BCUT2D eigenvalue weighted by Gasteiger charge is 2.09. The van der Waals surface area contributed by atoms with Gasteiger partial charge in [-0.3, -0.25) is 0 Å². The minimum absolute atomic E-state index is 0.214. The molecule has 6 heteroatoms. The molecule has 0 unspecified atom stereocenters. The summed E-state index contributed by atoms with van der Waals surface area (Å²) in [5.74, 6) is 5.55. The summed E-state index contributed by atoms with van der Waals surface area (Å²) in [6.07, 6.45) is 0. The van der Waals surface area contributed by atoms with Crippen LogP contribution in [0.25, 0.3) is 5.69 Å². The predicted molar refractivity (Wildman–Crippen MR) is 67.7 cm³/mol. The first-order chi connectivity index (χ1) is 8.63. The minimum Gasteiger partial charge on any atom is -0.320 e. The lowest BCUT2D eigenvalue weighted by Gasteiger charge is -2.04. The largest absolute Gasteiger partial charge is 0.349 e. The minimum atomic E-state index is -0.526. The highest BCUT2D eigenvalue weighted by molar-refractivity contribution is 5.52. The monoisotopic (exact) mass is 244 g/mol. The molecule has 1 aromatic heterocycles. The summed E-state index contributed by atoms with van der Waals surface area (Å²) in [5.41, 5.74) is 6.22. The molecule has 6 nitrogen and oxygen atoms in total. The summed E-state index contributed by atoms with van der Waals surface area (Å²) in [4.78, 5) is 23.2. The number of benzene rings is 1. The summed E-state index contributed by atoms with van der Waals surface area (Å²) >= 11 is 0. The van der Waals surface area contributed by atoms with E-state index in [-0.39, 0.29) is 6.54 Å². The van der Waals surface area contributed by atoms with Crippen molar-refractivity contribution >= 4 is 0 Å². The highest BCUT2D eigenvalue weighted by atomic mass is 16.2. The van der Waals surface area contributed by atoms with Crippen molar-refractivity contribution in [3.8, 4) is 17.5 Å². The van der Waals surface area contributed by atoms with E-state index in [0.29, 0.717) is 11.3 Å². The molecule has 0 saturated carbocycles. The first kappa shape index (κ1) is 12.0. The van der Waals surface area contributed by atoms with Gasteiger partial charge >= 0.3 is 11.4 Å². The second-order valence-corrected chi connectivity index (χ2v) is 3.72. The van der Waals surface area contributed by atoms with Gasteiger partial charge in [-0.1, -0.05) is 17.9 Å². The van der Waals surface area contributed by atoms with Crippen LogP contribution in [0, 0.1) is 18.8 Å². The predicted octanol–water partition coefficient (Wildman–Crippen LogP) is -0.527. The van der Waals surface area contributed by atoms with Crippen LogP contribution >= 0.6 is 0 Å². The first-order valence-corrected chi connectivity index (χ1v) is 5.33. The maximum atomic E-state index is 11.6. The fourth-order valence-electron chi connectivity index (χ4n) is 1.61. The number of aromatic amines is 2. The van der Waals surface area contributed by atoms with Crippen molar-refractivity contribution in [2.24, 2.45) is 5.73 Å². The highest BCUT2D eigenvalue weighted by Crippen LogP contribution is 2.12. The second kappa shape index (κ2) is 4.77. The van der Waals surface area contributed by atoms with Gasteiger partial charge in [0.15, 0.2) is 0 Å². The number of nitrogens with one attached hydrogen (secondary N) is 2. The number of hydrogen-bond acceptors (Lipinski definition) is 3.